The predicted octanol–water partition coefficient (Wildman–Crippen LogP) is 3.54. The van der Waals surface area contributed by atoms with Crippen molar-refractivity contribution in [2.75, 3.05) is 6.61 Å². The van der Waals surface area contributed by atoms with Crippen molar-refractivity contribution in [2.45, 2.75) is 19.3 Å². The molecule has 1 aromatic heterocycles. The topological polar surface area (TPSA) is 101 Å². The molecule has 1 atom stereocenters. The molecule has 2 heterocycles. The maximum atomic E-state index is 12.9. The Balaban J connectivity index is 1.91. The van der Waals surface area contributed by atoms with Gasteiger partial charge in [0.05, 0.1) is 23.6 Å². The molecule has 6 heteroatoms. The van der Waals surface area contributed by atoms with E-state index < -0.39 is 5.92 Å². The van der Waals surface area contributed by atoms with Crippen LogP contribution in [0.1, 0.15) is 30.4 Å². The van der Waals surface area contributed by atoms with Crippen LogP contribution in [0.5, 0.6) is 11.5 Å². The van der Waals surface area contributed by atoms with Crippen LogP contribution in [0.15, 0.2) is 64.8 Å². The number of nitrogens with zero attached hydrogens (tertiary/aromatic N) is 1. The lowest BCUT2D eigenvalue weighted by Crippen LogP contribution is -2.27. The number of aromatic amines is 1. The van der Waals surface area contributed by atoms with Gasteiger partial charge in [-0.25, -0.2) is 0 Å². The molecule has 3 N–H and O–H groups in total. The summed E-state index contributed by atoms with van der Waals surface area (Å²) < 4.78 is 11.4. The highest BCUT2D eigenvalue weighted by molar-refractivity contribution is 5.87. The van der Waals surface area contributed by atoms with Crippen LogP contribution in [-0.4, -0.2) is 11.6 Å². The molecule has 0 saturated heterocycles. The van der Waals surface area contributed by atoms with E-state index in [0.717, 1.165) is 23.1 Å². The third-order valence-corrected chi connectivity index (χ3v) is 4.77. The maximum Gasteiger partial charge on any atom is 0.256 e. The molecule has 3 aromatic rings. The van der Waals surface area contributed by atoms with Gasteiger partial charge in [0.25, 0.3) is 5.56 Å². The minimum absolute atomic E-state index is 0.0158. The number of allylic oxidation sites excluding steroid dienone is 1. The minimum Gasteiger partial charge on any atom is -0.494 e. The van der Waals surface area contributed by atoms with Gasteiger partial charge in [0.2, 0.25) is 5.88 Å². The third-order valence-electron chi connectivity index (χ3n) is 4.77. The first-order chi connectivity index (χ1) is 13.6. The van der Waals surface area contributed by atoms with E-state index in [1.165, 1.54) is 0 Å². The standard InChI is InChI=1S/C22H19N3O3/c1-2-11-27-14-9-7-13(8-10-14)18-16(12-23)21(24)28-20-15-5-3-4-6-17(15)25-22(26)19(18)20/h3-10,18H,2,11,24H2,1H3,(H,25,26)/t18-/m0/s1. The smallest absolute Gasteiger partial charge is 0.256 e. The Bertz CT molecular complexity index is 1170. The van der Waals surface area contributed by atoms with E-state index in [9.17, 15) is 10.1 Å². The number of aromatic nitrogens is 1. The van der Waals surface area contributed by atoms with Crippen LogP contribution >= 0.6 is 0 Å². The molecule has 1 aliphatic heterocycles. The molecule has 0 fully saturated rings. The van der Waals surface area contributed by atoms with Gasteiger partial charge in [-0.15, -0.1) is 0 Å². The van der Waals surface area contributed by atoms with E-state index >= 15 is 0 Å². The van der Waals surface area contributed by atoms with Gasteiger partial charge in [-0.05, 0) is 36.2 Å². The second kappa shape index (κ2) is 7.12. The number of fused-ring (bicyclic) bond motifs is 3. The van der Waals surface area contributed by atoms with Crippen LogP contribution in [0.2, 0.25) is 0 Å². The monoisotopic (exact) mass is 373 g/mol. The molecule has 140 valence electrons. The van der Waals surface area contributed by atoms with Crippen molar-refractivity contribution in [3.63, 3.8) is 0 Å². The van der Waals surface area contributed by atoms with Crippen molar-refractivity contribution in [3.05, 3.63) is 81.5 Å². The molecular formula is C22H19N3O3. The zero-order valence-electron chi connectivity index (χ0n) is 15.4. The predicted molar refractivity (Wildman–Crippen MR) is 106 cm³/mol. The number of hydrogen-bond donors (Lipinski definition) is 2. The maximum absolute atomic E-state index is 12.9. The van der Waals surface area contributed by atoms with Crippen LogP contribution < -0.4 is 20.8 Å². The summed E-state index contributed by atoms with van der Waals surface area (Å²) in [6.45, 7) is 2.66. The molecule has 0 aliphatic carbocycles. The lowest BCUT2D eigenvalue weighted by atomic mass is 9.83. The zero-order valence-corrected chi connectivity index (χ0v) is 15.4. The molecule has 4 rings (SSSR count). The van der Waals surface area contributed by atoms with Crippen LogP contribution in [0.4, 0.5) is 0 Å². The quantitative estimate of drug-likeness (QED) is 0.728. The molecule has 0 bridgehead atoms. The first-order valence-electron chi connectivity index (χ1n) is 9.09. The van der Waals surface area contributed by atoms with Gasteiger partial charge >= 0.3 is 0 Å². The number of para-hydroxylation sites is 1. The zero-order chi connectivity index (χ0) is 19.7. The van der Waals surface area contributed by atoms with Crippen molar-refractivity contribution in [3.8, 4) is 17.6 Å². The average Bonchev–Trinajstić information content (AvgIpc) is 2.72. The van der Waals surface area contributed by atoms with Crippen molar-refractivity contribution < 1.29 is 9.47 Å². The van der Waals surface area contributed by atoms with Crippen molar-refractivity contribution in [1.82, 2.24) is 4.98 Å². The average molecular weight is 373 g/mol. The number of rotatable bonds is 4. The number of hydrogen-bond acceptors (Lipinski definition) is 5. The van der Waals surface area contributed by atoms with Crippen LogP contribution in [-0.2, 0) is 0 Å². The number of nitrogens with two attached hydrogens (primary N) is 1. The van der Waals surface area contributed by atoms with Gasteiger partial charge in [-0.2, -0.15) is 5.26 Å². The second-order valence-corrected chi connectivity index (χ2v) is 6.58. The Morgan fingerprint density at radius 2 is 1.96 bits per heavy atom. The highest BCUT2D eigenvalue weighted by Crippen LogP contribution is 2.43. The Hall–Kier alpha value is -3.72. The van der Waals surface area contributed by atoms with Crippen molar-refractivity contribution in [2.24, 2.45) is 5.73 Å². The summed E-state index contributed by atoms with van der Waals surface area (Å²) in [5.74, 6) is 0.539. The molecule has 28 heavy (non-hydrogen) atoms. The minimum atomic E-state index is -0.609. The summed E-state index contributed by atoms with van der Waals surface area (Å²) in [4.78, 5) is 15.8. The van der Waals surface area contributed by atoms with E-state index in [0.29, 0.717) is 23.4 Å². The number of benzene rings is 2. The molecule has 0 spiro atoms. The molecule has 0 radical (unpaired) electrons. The fourth-order valence-corrected chi connectivity index (χ4v) is 3.48. The molecule has 2 aromatic carbocycles. The molecule has 6 nitrogen and oxygen atoms in total. The Labute approximate surface area is 161 Å². The first kappa shape index (κ1) is 17.7. The van der Waals surface area contributed by atoms with E-state index in [-0.39, 0.29) is 17.0 Å². The van der Waals surface area contributed by atoms with Gasteiger partial charge in [-0.1, -0.05) is 31.2 Å². The van der Waals surface area contributed by atoms with E-state index in [4.69, 9.17) is 15.2 Å². The summed E-state index contributed by atoms with van der Waals surface area (Å²) >= 11 is 0. The molecule has 0 amide bonds. The van der Waals surface area contributed by atoms with Crippen LogP contribution in [0.3, 0.4) is 0 Å². The molecule has 0 saturated carbocycles. The SMILES string of the molecule is CCCOc1ccc([C@H]2C(C#N)=C(N)Oc3c2c(=O)[nH]c2ccccc32)cc1. The summed E-state index contributed by atoms with van der Waals surface area (Å²) in [5, 5.41) is 10.4. The Kier molecular flexibility index (Phi) is 4.50. The fourth-order valence-electron chi connectivity index (χ4n) is 3.48. The molecule has 1 aliphatic rings. The lowest BCUT2D eigenvalue weighted by molar-refractivity contribution is 0.317. The van der Waals surface area contributed by atoms with Gasteiger partial charge < -0.3 is 20.2 Å². The number of ether oxygens (including phenoxy) is 2. The Morgan fingerprint density at radius 3 is 2.68 bits per heavy atom. The summed E-state index contributed by atoms with van der Waals surface area (Å²) in [7, 11) is 0. The second-order valence-electron chi connectivity index (χ2n) is 6.58. The summed E-state index contributed by atoms with van der Waals surface area (Å²) in [6.07, 6.45) is 0.912. The van der Waals surface area contributed by atoms with E-state index in [2.05, 4.69) is 11.1 Å². The van der Waals surface area contributed by atoms with Crippen molar-refractivity contribution >= 4 is 10.9 Å². The lowest BCUT2D eigenvalue weighted by Gasteiger charge is -2.26. The number of pyridine rings is 1. The van der Waals surface area contributed by atoms with Crippen LogP contribution in [0, 0.1) is 11.3 Å². The van der Waals surface area contributed by atoms with Gasteiger partial charge in [0.15, 0.2) is 0 Å². The van der Waals surface area contributed by atoms with Crippen molar-refractivity contribution in [1.29, 1.82) is 5.26 Å². The van der Waals surface area contributed by atoms with E-state index in [1.807, 2.05) is 49.4 Å². The van der Waals surface area contributed by atoms with Gasteiger partial charge in [0, 0.05) is 5.39 Å². The summed E-state index contributed by atoms with van der Waals surface area (Å²) in [6, 6.07) is 16.8. The number of nitrogens with one attached hydrogen (secondary N) is 1. The highest BCUT2D eigenvalue weighted by Gasteiger charge is 2.34. The third kappa shape index (κ3) is 2.87. The fraction of sp³-hybridized carbons (Fsp3) is 0.182. The van der Waals surface area contributed by atoms with Gasteiger partial charge in [-0.3, -0.25) is 4.79 Å². The number of H-pyrrole nitrogens is 1. The summed E-state index contributed by atoms with van der Waals surface area (Å²) in [5.41, 5.74) is 7.79. The molecule has 0 unspecified atom stereocenters. The highest BCUT2D eigenvalue weighted by atomic mass is 16.5. The number of nitriles is 1. The normalized spacial score (nSPS) is 15.6. The molecular weight excluding hydrogens is 354 g/mol. The van der Waals surface area contributed by atoms with Gasteiger partial charge in [0.1, 0.15) is 23.1 Å². The first-order valence-corrected chi connectivity index (χ1v) is 9.09. The Morgan fingerprint density at radius 1 is 1.21 bits per heavy atom. The van der Waals surface area contributed by atoms with Crippen LogP contribution in [0.25, 0.3) is 10.9 Å². The van der Waals surface area contributed by atoms with E-state index in [1.54, 1.807) is 6.07 Å². The largest absolute Gasteiger partial charge is 0.494 e.